The summed E-state index contributed by atoms with van der Waals surface area (Å²) in [5, 5.41) is 1.98. The molecular weight excluding hydrogens is 250 g/mol. The highest BCUT2D eigenvalue weighted by atomic mass is 35.5. The summed E-state index contributed by atoms with van der Waals surface area (Å²) in [4.78, 5) is 0. The lowest BCUT2D eigenvalue weighted by molar-refractivity contribution is 1.62. The molecule has 0 saturated carbocycles. The summed E-state index contributed by atoms with van der Waals surface area (Å²) < 4.78 is 0. The first-order chi connectivity index (χ1) is 7.15. The maximum absolute atomic E-state index is 5.92. The standard InChI is InChI=1S/C12H7Cl3/c13-10-3-1-8(2-4-10)9-5-11(14)7-12(15)6-9/h1-7H. The molecule has 2 rings (SSSR count). The highest BCUT2D eigenvalue weighted by Crippen LogP contribution is 2.27. The van der Waals surface area contributed by atoms with Gasteiger partial charge in [0, 0.05) is 15.1 Å². The van der Waals surface area contributed by atoms with Crippen molar-refractivity contribution in [3.8, 4) is 11.1 Å². The van der Waals surface area contributed by atoms with E-state index in [1.165, 1.54) is 0 Å². The van der Waals surface area contributed by atoms with Crippen molar-refractivity contribution in [1.29, 1.82) is 0 Å². The van der Waals surface area contributed by atoms with Crippen molar-refractivity contribution in [3.63, 3.8) is 0 Å². The van der Waals surface area contributed by atoms with Crippen LogP contribution in [0.15, 0.2) is 42.5 Å². The van der Waals surface area contributed by atoms with Crippen LogP contribution < -0.4 is 0 Å². The fraction of sp³-hybridized carbons (Fsp3) is 0. The van der Waals surface area contributed by atoms with Crippen molar-refractivity contribution in [2.24, 2.45) is 0 Å². The molecule has 2 aromatic carbocycles. The molecule has 0 aliphatic carbocycles. The first kappa shape index (κ1) is 10.8. The molecule has 0 aliphatic heterocycles. The minimum absolute atomic E-state index is 0.632. The second kappa shape index (κ2) is 4.44. The molecule has 0 N–H and O–H groups in total. The van der Waals surface area contributed by atoms with Gasteiger partial charge in [0.15, 0.2) is 0 Å². The van der Waals surface area contributed by atoms with Crippen LogP contribution in [0.5, 0.6) is 0 Å². The molecule has 0 bridgehead atoms. The number of hydrogen-bond donors (Lipinski definition) is 0. The molecule has 0 aliphatic rings. The predicted molar refractivity (Wildman–Crippen MR) is 66.9 cm³/mol. The van der Waals surface area contributed by atoms with Crippen LogP contribution in [0.1, 0.15) is 0 Å². The van der Waals surface area contributed by atoms with Crippen molar-refractivity contribution in [2.45, 2.75) is 0 Å². The summed E-state index contributed by atoms with van der Waals surface area (Å²) >= 11 is 17.7. The molecule has 0 fully saturated rings. The smallest absolute Gasteiger partial charge is 0.0426 e. The third kappa shape index (κ3) is 2.66. The Kier molecular flexibility index (Phi) is 3.20. The average Bonchev–Trinajstić information content (AvgIpc) is 2.17. The fourth-order valence-corrected chi connectivity index (χ4v) is 2.01. The fourth-order valence-electron chi connectivity index (χ4n) is 1.36. The van der Waals surface area contributed by atoms with E-state index >= 15 is 0 Å². The lowest BCUT2D eigenvalue weighted by Crippen LogP contribution is -1.78. The summed E-state index contributed by atoms with van der Waals surface area (Å²) in [6.07, 6.45) is 0. The van der Waals surface area contributed by atoms with E-state index in [1.807, 2.05) is 36.4 Å². The summed E-state index contributed by atoms with van der Waals surface area (Å²) in [7, 11) is 0. The maximum Gasteiger partial charge on any atom is 0.0426 e. The number of hydrogen-bond acceptors (Lipinski definition) is 0. The van der Waals surface area contributed by atoms with Crippen molar-refractivity contribution in [2.75, 3.05) is 0 Å². The Morgan fingerprint density at radius 3 is 1.60 bits per heavy atom. The molecule has 3 heteroatoms. The molecule has 0 heterocycles. The normalized spacial score (nSPS) is 10.3. The molecule has 0 unspecified atom stereocenters. The van der Waals surface area contributed by atoms with Crippen LogP contribution in [0.4, 0.5) is 0 Å². The molecular formula is C12H7Cl3. The molecule has 0 spiro atoms. The zero-order valence-corrected chi connectivity index (χ0v) is 9.94. The number of rotatable bonds is 1. The van der Waals surface area contributed by atoms with E-state index in [2.05, 4.69) is 0 Å². The number of halogens is 3. The Morgan fingerprint density at radius 1 is 0.533 bits per heavy atom. The van der Waals surface area contributed by atoms with E-state index in [1.54, 1.807) is 6.07 Å². The minimum atomic E-state index is 0.632. The second-order valence-corrected chi connectivity index (χ2v) is 4.47. The molecule has 76 valence electrons. The van der Waals surface area contributed by atoms with Gasteiger partial charge >= 0.3 is 0 Å². The van der Waals surface area contributed by atoms with E-state index in [-0.39, 0.29) is 0 Å². The Balaban J connectivity index is 2.49. The Morgan fingerprint density at radius 2 is 1.07 bits per heavy atom. The highest BCUT2D eigenvalue weighted by molar-refractivity contribution is 6.35. The zero-order valence-electron chi connectivity index (χ0n) is 7.68. The summed E-state index contributed by atoms with van der Waals surface area (Å²) in [5.41, 5.74) is 2.04. The molecule has 0 saturated heterocycles. The zero-order chi connectivity index (χ0) is 10.8. The van der Waals surface area contributed by atoms with Gasteiger partial charge in [-0.15, -0.1) is 0 Å². The minimum Gasteiger partial charge on any atom is -0.0843 e. The molecule has 2 aromatic rings. The molecule has 0 amide bonds. The summed E-state index contributed by atoms with van der Waals surface area (Å²) in [6, 6.07) is 13.0. The van der Waals surface area contributed by atoms with Gasteiger partial charge in [0.25, 0.3) is 0 Å². The lowest BCUT2D eigenvalue weighted by atomic mass is 10.1. The van der Waals surface area contributed by atoms with E-state index in [0.29, 0.717) is 15.1 Å². The van der Waals surface area contributed by atoms with Crippen molar-refractivity contribution in [3.05, 3.63) is 57.5 Å². The van der Waals surface area contributed by atoms with Gasteiger partial charge in [0.05, 0.1) is 0 Å². The molecule has 15 heavy (non-hydrogen) atoms. The average molecular weight is 258 g/mol. The Labute approximate surface area is 103 Å². The van der Waals surface area contributed by atoms with Crippen LogP contribution in [0, 0.1) is 0 Å². The van der Waals surface area contributed by atoms with E-state index in [9.17, 15) is 0 Å². The van der Waals surface area contributed by atoms with Gasteiger partial charge in [-0.2, -0.15) is 0 Å². The maximum atomic E-state index is 5.92. The van der Waals surface area contributed by atoms with Gasteiger partial charge in [0.1, 0.15) is 0 Å². The van der Waals surface area contributed by atoms with Crippen LogP contribution in [0.25, 0.3) is 11.1 Å². The first-order valence-corrected chi connectivity index (χ1v) is 5.50. The summed E-state index contributed by atoms with van der Waals surface area (Å²) in [5.74, 6) is 0. The van der Waals surface area contributed by atoms with Gasteiger partial charge in [0.2, 0.25) is 0 Å². The van der Waals surface area contributed by atoms with Crippen molar-refractivity contribution < 1.29 is 0 Å². The largest absolute Gasteiger partial charge is 0.0843 e. The van der Waals surface area contributed by atoms with Crippen LogP contribution >= 0.6 is 34.8 Å². The highest BCUT2D eigenvalue weighted by Gasteiger charge is 2.01. The molecule has 0 aromatic heterocycles. The first-order valence-electron chi connectivity index (χ1n) is 4.37. The Hall–Kier alpha value is -0.690. The topological polar surface area (TPSA) is 0 Å². The van der Waals surface area contributed by atoms with Crippen LogP contribution in [0.2, 0.25) is 15.1 Å². The van der Waals surface area contributed by atoms with E-state index in [0.717, 1.165) is 11.1 Å². The van der Waals surface area contributed by atoms with Gasteiger partial charge in [-0.05, 0) is 41.5 Å². The van der Waals surface area contributed by atoms with Crippen LogP contribution in [-0.2, 0) is 0 Å². The third-order valence-corrected chi connectivity index (χ3v) is 2.73. The molecule has 0 radical (unpaired) electrons. The summed E-state index contributed by atoms with van der Waals surface area (Å²) in [6.45, 7) is 0. The van der Waals surface area contributed by atoms with Gasteiger partial charge in [-0.3, -0.25) is 0 Å². The Bertz CT molecular complexity index is 454. The van der Waals surface area contributed by atoms with E-state index < -0.39 is 0 Å². The predicted octanol–water partition coefficient (Wildman–Crippen LogP) is 5.31. The quantitative estimate of drug-likeness (QED) is 0.649. The van der Waals surface area contributed by atoms with Crippen molar-refractivity contribution >= 4 is 34.8 Å². The van der Waals surface area contributed by atoms with Gasteiger partial charge in [-0.25, -0.2) is 0 Å². The van der Waals surface area contributed by atoms with Crippen LogP contribution in [-0.4, -0.2) is 0 Å². The van der Waals surface area contributed by atoms with E-state index in [4.69, 9.17) is 34.8 Å². The molecule has 0 atom stereocenters. The van der Waals surface area contributed by atoms with Gasteiger partial charge in [-0.1, -0.05) is 46.9 Å². The van der Waals surface area contributed by atoms with Crippen molar-refractivity contribution in [1.82, 2.24) is 0 Å². The number of benzene rings is 2. The van der Waals surface area contributed by atoms with Crippen LogP contribution in [0.3, 0.4) is 0 Å². The van der Waals surface area contributed by atoms with Gasteiger partial charge < -0.3 is 0 Å². The lowest BCUT2D eigenvalue weighted by Gasteiger charge is -2.03. The monoisotopic (exact) mass is 256 g/mol. The third-order valence-electron chi connectivity index (χ3n) is 2.04. The SMILES string of the molecule is Clc1ccc(-c2cc(Cl)cc(Cl)c2)cc1. The second-order valence-electron chi connectivity index (χ2n) is 3.17. The molecule has 0 nitrogen and oxygen atoms in total.